The van der Waals surface area contributed by atoms with Crippen molar-refractivity contribution in [3.63, 3.8) is 0 Å². The SMILES string of the molecule is CC(=O)N[C@H]1[C@@H](O)[C@@H](O)C(CO)O[C@@H]1O.O. The van der Waals surface area contributed by atoms with Gasteiger partial charge in [-0.1, -0.05) is 0 Å². The van der Waals surface area contributed by atoms with E-state index < -0.39 is 43.2 Å². The second-order valence-corrected chi connectivity index (χ2v) is 3.46. The van der Waals surface area contributed by atoms with Gasteiger partial charge >= 0.3 is 0 Å². The first-order valence-corrected chi connectivity index (χ1v) is 4.55. The van der Waals surface area contributed by atoms with Gasteiger partial charge in [-0.2, -0.15) is 0 Å². The van der Waals surface area contributed by atoms with Gasteiger partial charge in [-0.15, -0.1) is 0 Å². The van der Waals surface area contributed by atoms with E-state index >= 15 is 0 Å². The summed E-state index contributed by atoms with van der Waals surface area (Å²) in [6.45, 7) is 0.687. The van der Waals surface area contributed by atoms with Crippen molar-refractivity contribution in [3.8, 4) is 0 Å². The number of carbonyl (C=O) groups excluding carboxylic acids is 1. The van der Waals surface area contributed by atoms with Crippen LogP contribution in [0.5, 0.6) is 0 Å². The molecule has 0 aromatic rings. The third-order valence-corrected chi connectivity index (χ3v) is 2.27. The lowest BCUT2D eigenvalue weighted by atomic mass is 9.97. The van der Waals surface area contributed by atoms with E-state index in [1.165, 1.54) is 6.92 Å². The minimum atomic E-state index is -1.45. The Bertz CT molecular complexity index is 236. The van der Waals surface area contributed by atoms with Gasteiger partial charge in [-0.25, -0.2) is 0 Å². The molecule has 0 aromatic carbocycles. The molecule has 1 aliphatic rings. The molecule has 96 valence electrons. The monoisotopic (exact) mass is 239 g/mol. The van der Waals surface area contributed by atoms with E-state index in [0.717, 1.165) is 0 Å². The van der Waals surface area contributed by atoms with Gasteiger partial charge in [-0.05, 0) is 0 Å². The largest absolute Gasteiger partial charge is 0.412 e. The molecule has 0 saturated carbocycles. The molecule has 8 heteroatoms. The summed E-state index contributed by atoms with van der Waals surface area (Å²) in [5, 5.41) is 39.4. The number of carbonyl (C=O) groups is 1. The van der Waals surface area contributed by atoms with E-state index in [4.69, 9.17) is 9.84 Å². The smallest absolute Gasteiger partial charge is 0.217 e. The molecule has 1 unspecified atom stereocenters. The Balaban J connectivity index is 0.00000225. The fourth-order valence-corrected chi connectivity index (χ4v) is 1.49. The van der Waals surface area contributed by atoms with E-state index in [0.29, 0.717) is 0 Å². The summed E-state index contributed by atoms with van der Waals surface area (Å²) < 4.78 is 4.81. The molecule has 1 rings (SSSR count). The van der Waals surface area contributed by atoms with Crippen molar-refractivity contribution < 1.29 is 35.4 Å². The quantitative estimate of drug-likeness (QED) is 0.332. The van der Waals surface area contributed by atoms with Crippen molar-refractivity contribution in [2.24, 2.45) is 0 Å². The van der Waals surface area contributed by atoms with Gasteiger partial charge in [-0.3, -0.25) is 4.79 Å². The number of nitrogens with one attached hydrogen (secondary N) is 1. The summed E-state index contributed by atoms with van der Waals surface area (Å²) in [6, 6.07) is -1.10. The highest BCUT2D eigenvalue weighted by Crippen LogP contribution is 2.19. The Morgan fingerprint density at radius 2 is 1.88 bits per heavy atom. The van der Waals surface area contributed by atoms with E-state index in [-0.39, 0.29) is 5.48 Å². The Labute approximate surface area is 91.8 Å². The highest BCUT2D eigenvalue weighted by Gasteiger charge is 2.43. The standard InChI is InChI=1S/C8H15NO6.H2O/c1-3(11)9-5-7(13)6(12)4(2-10)15-8(5)14;/h4-8,10,12-14H,2H2,1H3,(H,9,11);1H2/t4?,5-,6-,7+,8-;/m0./s1. The van der Waals surface area contributed by atoms with Crippen LogP contribution in [0.25, 0.3) is 0 Å². The molecule has 16 heavy (non-hydrogen) atoms. The predicted molar refractivity (Wildman–Crippen MR) is 51.2 cm³/mol. The maximum absolute atomic E-state index is 10.7. The highest BCUT2D eigenvalue weighted by atomic mass is 16.6. The van der Waals surface area contributed by atoms with E-state index in [2.05, 4.69) is 5.32 Å². The number of aliphatic hydroxyl groups excluding tert-OH is 4. The van der Waals surface area contributed by atoms with Crippen LogP contribution in [0.4, 0.5) is 0 Å². The maximum Gasteiger partial charge on any atom is 0.217 e. The van der Waals surface area contributed by atoms with E-state index in [1.807, 2.05) is 0 Å². The van der Waals surface area contributed by atoms with Crippen LogP contribution in [-0.2, 0) is 9.53 Å². The first-order chi connectivity index (χ1) is 6.97. The van der Waals surface area contributed by atoms with Crippen molar-refractivity contribution in [1.82, 2.24) is 5.32 Å². The first kappa shape index (κ1) is 15.2. The average Bonchev–Trinajstić information content (AvgIpc) is 2.18. The fraction of sp³-hybridized carbons (Fsp3) is 0.875. The summed E-state index contributed by atoms with van der Waals surface area (Å²) in [6.07, 6.45) is -5.24. The fourth-order valence-electron chi connectivity index (χ4n) is 1.49. The third-order valence-electron chi connectivity index (χ3n) is 2.27. The van der Waals surface area contributed by atoms with Crippen LogP contribution in [0.3, 0.4) is 0 Å². The van der Waals surface area contributed by atoms with Crippen LogP contribution in [0.2, 0.25) is 0 Å². The molecule has 8 nitrogen and oxygen atoms in total. The Morgan fingerprint density at radius 1 is 1.31 bits per heavy atom. The number of rotatable bonds is 2. The third kappa shape index (κ3) is 3.11. The summed E-state index contributed by atoms with van der Waals surface area (Å²) >= 11 is 0. The zero-order valence-corrected chi connectivity index (χ0v) is 8.70. The van der Waals surface area contributed by atoms with Crippen molar-refractivity contribution in [2.45, 2.75) is 37.6 Å². The summed E-state index contributed by atoms with van der Waals surface area (Å²) in [7, 11) is 0. The van der Waals surface area contributed by atoms with Crippen LogP contribution >= 0.6 is 0 Å². The molecular formula is C8H17NO7. The molecule has 5 atom stereocenters. The van der Waals surface area contributed by atoms with Crippen molar-refractivity contribution >= 4 is 5.91 Å². The lowest BCUT2D eigenvalue weighted by molar-refractivity contribution is -0.253. The molecule has 1 amide bonds. The topological polar surface area (TPSA) is 151 Å². The molecular weight excluding hydrogens is 222 g/mol. The van der Waals surface area contributed by atoms with Crippen molar-refractivity contribution in [1.29, 1.82) is 0 Å². The van der Waals surface area contributed by atoms with Crippen LogP contribution < -0.4 is 5.32 Å². The van der Waals surface area contributed by atoms with E-state index in [1.54, 1.807) is 0 Å². The van der Waals surface area contributed by atoms with Gasteiger partial charge < -0.3 is 36.0 Å². The number of hydrogen-bond acceptors (Lipinski definition) is 6. The maximum atomic E-state index is 10.7. The van der Waals surface area contributed by atoms with Gasteiger partial charge in [0.2, 0.25) is 5.91 Å². The molecule has 0 spiro atoms. The minimum Gasteiger partial charge on any atom is -0.412 e. The lowest BCUT2D eigenvalue weighted by Crippen LogP contribution is -2.63. The van der Waals surface area contributed by atoms with Gasteiger partial charge in [0.25, 0.3) is 0 Å². The van der Waals surface area contributed by atoms with Gasteiger partial charge in [0.15, 0.2) is 6.29 Å². The number of ether oxygens (including phenoxy) is 1. The van der Waals surface area contributed by atoms with Gasteiger partial charge in [0.1, 0.15) is 24.4 Å². The molecule has 0 aromatic heterocycles. The van der Waals surface area contributed by atoms with E-state index in [9.17, 15) is 20.1 Å². The molecule has 1 aliphatic heterocycles. The number of amides is 1. The summed E-state index contributed by atoms with van der Waals surface area (Å²) in [4.78, 5) is 10.7. The van der Waals surface area contributed by atoms with Crippen LogP contribution in [0, 0.1) is 0 Å². The van der Waals surface area contributed by atoms with Crippen LogP contribution in [0.15, 0.2) is 0 Å². The molecule has 1 heterocycles. The Hall–Kier alpha value is -0.770. The molecule has 1 fully saturated rings. The Kier molecular flexibility index (Phi) is 5.79. The normalized spacial score (nSPS) is 38.7. The zero-order valence-electron chi connectivity index (χ0n) is 8.70. The molecule has 0 bridgehead atoms. The highest BCUT2D eigenvalue weighted by molar-refractivity contribution is 5.73. The zero-order chi connectivity index (χ0) is 11.6. The molecule has 7 N–H and O–H groups in total. The Morgan fingerprint density at radius 3 is 2.31 bits per heavy atom. The van der Waals surface area contributed by atoms with Crippen molar-refractivity contribution in [3.05, 3.63) is 0 Å². The van der Waals surface area contributed by atoms with Crippen LogP contribution in [-0.4, -0.2) is 69.1 Å². The van der Waals surface area contributed by atoms with Crippen molar-refractivity contribution in [2.75, 3.05) is 6.61 Å². The van der Waals surface area contributed by atoms with Gasteiger partial charge in [0, 0.05) is 6.92 Å². The van der Waals surface area contributed by atoms with Crippen LogP contribution in [0.1, 0.15) is 6.92 Å². The number of hydrogen-bond donors (Lipinski definition) is 5. The summed E-state index contributed by atoms with van der Waals surface area (Å²) in [5.74, 6) is -0.462. The number of aliphatic hydroxyl groups is 4. The molecule has 0 radical (unpaired) electrons. The minimum absolute atomic E-state index is 0. The second-order valence-electron chi connectivity index (χ2n) is 3.46. The molecule has 1 saturated heterocycles. The van der Waals surface area contributed by atoms with Gasteiger partial charge in [0.05, 0.1) is 6.61 Å². The predicted octanol–water partition coefficient (Wildman–Crippen LogP) is -3.90. The second kappa shape index (κ2) is 6.09. The average molecular weight is 239 g/mol. The molecule has 0 aliphatic carbocycles. The lowest BCUT2D eigenvalue weighted by Gasteiger charge is -2.40. The first-order valence-electron chi connectivity index (χ1n) is 4.55. The summed E-state index contributed by atoms with van der Waals surface area (Å²) in [5.41, 5.74) is 0.